The first-order valence-electron chi connectivity index (χ1n) is 6.48. The Hall–Kier alpha value is -1.97. The average molecular weight is 259 g/mol. The number of hydrogen-bond donors (Lipinski definition) is 1. The second-order valence-electron chi connectivity index (χ2n) is 5.04. The lowest BCUT2D eigenvalue weighted by molar-refractivity contribution is 0.414. The summed E-state index contributed by atoms with van der Waals surface area (Å²) in [6, 6.07) is 8.01. The standard InChI is InChI=1S/C15H21N3O/c1-10(2)15-14(16)11(3)18(17-15)9-12-5-7-13(19-4)8-6-12/h5-8,10H,9,16H2,1-4H3. The number of methoxy groups -OCH3 is 1. The zero-order chi connectivity index (χ0) is 14.0. The van der Waals surface area contributed by atoms with Crippen LogP contribution in [0.5, 0.6) is 5.75 Å². The molecule has 0 saturated heterocycles. The first-order valence-corrected chi connectivity index (χ1v) is 6.48. The molecule has 1 heterocycles. The number of rotatable bonds is 4. The monoisotopic (exact) mass is 259 g/mol. The maximum absolute atomic E-state index is 6.10. The zero-order valence-electron chi connectivity index (χ0n) is 12.0. The topological polar surface area (TPSA) is 53.1 Å². The second kappa shape index (κ2) is 5.34. The summed E-state index contributed by atoms with van der Waals surface area (Å²) in [7, 11) is 1.67. The lowest BCUT2D eigenvalue weighted by Crippen LogP contribution is -2.04. The van der Waals surface area contributed by atoms with Crippen molar-refractivity contribution in [1.29, 1.82) is 0 Å². The fourth-order valence-electron chi connectivity index (χ4n) is 2.07. The molecule has 0 saturated carbocycles. The highest BCUT2D eigenvalue weighted by Crippen LogP contribution is 2.24. The SMILES string of the molecule is COc1ccc(Cn2nc(C(C)C)c(N)c2C)cc1. The average Bonchev–Trinajstić information content (AvgIpc) is 2.68. The summed E-state index contributed by atoms with van der Waals surface area (Å²) in [5.41, 5.74) is 10.1. The van der Waals surface area contributed by atoms with E-state index in [9.17, 15) is 0 Å². The van der Waals surface area contributed by atoms with Gasteiger partial charge in [0.1, 0.15) is 5.75 Å². The first kappa shape index (κ1) is 13.5. The lowest BCUT2D eigenvalue weighted by Gasteiger charge is -2.06. The molecule has 102 valence electrons. The molecular formula is C15H21N3O. The summed E-state index contributed by atoms with van der Waals surface area (Å²) < 4.78 is 7.12. The van der Waals surface area contributed by atoms with Gasteiger partial charge in [0.25, 0.3) is 0 Å². The Morgan fingerprint density at radius 3 is 2.37 bits per heavy atom. The van der Waals surface area contributed by atoms with Crippen LogP contribution in [-0.4, -0.2) is 16.9 Å². The highest BCUT2D eigenvalue weighted by molar-refractivity contribution is 5.49. The van der Waals surface area contributed by atoms with Crippen LogP contribution in [-0.2, 0) is 6.54 Å². The van der Waals surface area contributed by atoms with Gasteiger partial charge in [-0.2, -0.15) is 5.10 Å². The molecule has 0 fully saturated rings. The summed E-state index contributed by atoms with van der Waals surface area (Å²) in [5.74, 6) is 1.21. The molecular weight excluding hydrogens is 238 g/mol. The van der Waals surface area contributed by atoms with Crippen LogP contribution in [0.1, 0.15) is 36.7 Å². The molecule has 2 aromatic rings. The number of aromatic nitrogens is 2. The maximum Gasteiger partial charge on any atom is 0.118 e. The Morgan fingerprint density at radius 2 is 1.89 bits per heavy atom. The van der Waals surface area contributed by atoms with Crippen molar-refractivity contribution in [3.63, 3.8) is 0 Å². The van der Waals surface area contributed by atoms with Crippen molar-refractivity contribution in [2.75, 3.05) is 12.8 Å². The van der Waals surface area contributed by atoms with Crippen molar-refractivity contribution >= 4 is 5.69 Å². The molecule has 19 heavy (non-hydrogen) atoms. The van der Waals surface area contributed by atoms with E-state index < -0.39 is 0 Å². The molecule has 1 aromatic heterocycles. The highest BCUT2D eigenvalue weighted by Gasteiger charge is 2.14. The molecule has 0 bridgehead atoms. The number of nitrogens with two attached hydrogens (primary N) is 1. The number of hydrogen-bond acceptors (Lipinski definition) is 3. The smallest absolute Gasteiger partial charge is 0.118 e. The van der Waals surface area contributed by atoms with E-state index in [2.05, 4.69) is 18.9 Å². The van der Waals surface area contributed by atoms with E-state index in [0.717, 1.165) is 29.4 Å². The number of ether oxygens (including phenoxy) is 1. The van der Waals surface area contributed by atoms with Crippen LogP contribution in [0.25, 0.3) is 0 Å². The van der Waals surface area contributed by atoms with E-state index in [-0.39, 0.29) is 0 Å². The van der Waals surface area contributed by atoms with Crippen LogP contribution in [0.2, 0.25) is 0 Å². The van der Waals surface area contributed by atoms with Gasteiger partial charge in [-0.05, 0) is 30.5 Å². The van der Waals surface area contributed by atoms with Crippen LogP contribution in [0.3, 0.4) is 0 Å². The Labute approximate surface area is 114 Å². The third-order valence-electron chi connectivity index (χ3n) is 3.32. The van der Waals surface area contributed by atoms with E-state index in [0.29, 0.717) is 5.92 Å². The minimum Gasteiger partial charge on any atom is -0.497 e. The van der Waals surface area contributed by atoms with Crippen LogP contribution in [0.15, 0.2) is 24.3 Å². The Bertz CT molecular complexity index is 556. The molecule has 0 spiro atoms. The highest BCUT2D eigenvalue weighted by atomic mass is 16.5. The summed E-state index contributed by atoms with van der Waals surface area (Å²) in [6.45, 7) is 6.95. The van der Waals surface area contributed by atoms with Crippen molar-refractivity contribution in [2.24, 2.45) is 0 Å². The van der Waals surface area contributed by atoms with Gasteiger partial charge in [-0.25, -0.2) is 0 Å². The largest absolute Gasteiger partial charge is 0.497 e. The normalized spacial score (nSPS) is 11.0. The molecule has 4 nitrogen and oxygen atoms in total. The first-order chi connectivity index (χ1) is 9.02. The summed E-state index contributed by atoms with van der Waals surface area (Å²) in [5, 5.41) is 4.61. The van der Waals surface area contributed by atoms with Gasteiger partial charge in [0.2, 0.25) is 0 Å². The van der Waals surface area contributed by atoms with Crippen LogP contribution in [0, 0.1) is 6.92 Å². The minimum atomic E-state index is 0.343. The summed E-state index contributed by atoms with van der Waals surface area (Å²) in [6.07, 6.45) is 0. The summed E-state index contributed by atoms with van der Waals surface area (Å²) >= 11 is 0. The van der Waals surface area contributed by atoms with Crippen molar-refractivity contribution < 1.29 is 4.74 Å². The van der Waals surface area contributed by atoms with Gasteiger partial charge in [0.05, 0.1) is 30.7 Å². The minimum absolute atomic E-state index is 0.343. The molecule has 0 aliphatic carbocycles. The third-order valence-corrected chi connectivity index (χ3v) is 3.32. The molecule has 0 unspecified atom stereocenters. The van der Waals surface area contributed by atoms with Crippen molar-refractivity contribution in [3.05, 3.63) is 41.2 Å². The van der Waals surface area contributed by atoms with E-state index in [4.69, 9.17) is 10.5 Å². The molecule has 2 rings (SSSR count). The van der Waals surface area contributed by atoms with Gasteiger partial charge >= 0.3 is 0 Å². The van der Waals surface area contributed by atoms with E-state index >= 15 is 0 Å². The van der Waals surface area contributed by atoms with Crippen LogP contribution in [0.4, 0.5) is 5.69 Å². The predicted octanol–water partition coefficient (Wildman–Crippen LogP) is 2.95. The van der Waals surface area contributed by atoms with E-state index in [1.54, 1.807) is 7.11 Å². The Balaban J connectivity index is 2.25. The van der Waals surface area contributed by atoms with E-state index in [1.165, 1.54) is 5.56 Å². The predicted molar refractivity (Wildman–Crippen MR) is 77.6 cm³/mol. The molecule has 4 heteroatoms. The van der Waals surface area contributed by atoms with Gasteiger partial charge in [0.15, 0.2) is 0 Å². The fourth-order valence-corrected chi connectivity index (χ4v) is 2.07. The van der Waals surface area contributed by atoms with Gasteiger partial charge in [-0.15, -0.1) is 0 Å². The van der Waals surface area contributed by atoms with Crippen molar-refractivity contribution in [1.82, 2.24) is 9.78 Å². The number of nitrogen functional groups attached to an aromatic ring is 1. The number of benzene rings is 1. The molecule has 0 amide bonds. The van der Waals surface area contributed by atoms with Crippen molar-refractivity contribution in [3.8, 4) is 5.75 Å². The maximum atomic E-state index is 6.10. The van der Waals surface area contributed by atoms with Gasteiger partial charge in [-0.3, -0.25) is 4.68 Å². The molecule has 2 N–H and O–H groups in total. The third kappa shape index (κ3) is 2.72. The van der Waals surface area contributed by atoms with E-state index in [1.807, 2.05) is 35.9 Å². The second-order valence-corrected chi connectivity index (χ2v) is 5.04. The molecule has 0 aliphatic rings. The van der Waals surface area contributed by atoms with Gasteiger partial charge in [0, 0.05) is 0 Å². The quantitative estimate of drug-likeness (QED) is 0.918. The zero-order valence-corrected chi connectivity index (χ0v) is 12.0. The number of anilines is 1. The van der Waals surface area contributed by atoms with Crippen LogP contribution < -0.4 is 10.5 Å². The number of nitrogens with zero attached hydrogens (tertiary/aromatic N) is 2. The Morgan fingerprint density at radius 1 is 1.26 bits per heavy atom. The fraction of sp³-hybridized carbons (Fsp3) is 0.400. The van der Waals surface area contributed by atoms with Gasteiger partial charge in [-0.1, -0.05) is 26.0 Å². The lowest BCUT2D eigenvalue weighted by atomic mass is 10.1. The molecule has 0 atom stereocenters. The summed E-state index contributed by atoms with van der Waals surface area (Å²) in [4.78, 5) is 0. The Kier molecular flexibility index (Phi) is 3.79. The van der Waals surface area contributed by atoms with Crippen LogP contribution >= 0.6 is 0 Å². The molecule has 0 radical (unpaired) electrons. The molecule has 0 aliphatic heterocycles. The van der Waals surface area contributed by atoms with Crippen molar-refractivity contribution in [2.45, 2.75) is 33.2 Å². The molecule has 1 aromatic carbocycles. The van der Waals surface area contributed by atoms with Gasteiger partial charge < -0.3 is 10.5 Å².